The zero-order valence-corrected chi connectivity index (χ0v) is 17.0. The first-order valence-electron chi connectivity index (χ1n) is 9.87. The Balaban J connectivity index is 1.56. The number of ketones is 1. The predicted molar refractivity (Wildman–Crippen MR) is 104 cm³/mol. The molecule has 2 rings (SSSR count). The highest BCUT2D eigenvalue weighted by molar-refractivity contribution is 7.93. The molecule has 0 atom stereocenters. The molecule has 0 aromatic rings. The van der Waals surface area contributed by atoms with Crippen LogP contribution in [0.4, 0.5) is 0 Å². The van der Waals surface area contributed by atoms with Gasteiger partial charge < -0.3 is 19.1 Å². The number of Topliss-reactive ketones (excluding diaryl/α,β-unsaturated/α-hetero) is 1. The maximum absolute atomic E-state index is 12.3. The van der Waals surface area contributed by atoms with Crippen LogP contribution >= 0.6 is 12.0 Å². The third kappa shape index (κ3) is 7.18. The van der Waals surface area contributed by atoms with E-state index in [1.54, 1.807) is 6.92 Å². The van der Waals surface area contributed by atoms with Gasteiger partial charge in [0.05, 0.1) is 19.8 Å². The summed E-state index contributed by atoms with van der Waals surface area (Å²) >= 11 is 1.33. The third-order valence-electron chi connectivity index (χ3n) is 5.66. The molecule has 2 fully saturated rings. The Bertz CT molecular complexity index is 433. The lowest BCUT2D eigenvalue weighted by molar-refractivity contribution is -0.127. The van der Waals surface area contributed by atoms with Gasteiger partial charge in [-0.25, -0.2) is 0 Å². The number of nitrogens with zero attached hydrogens (tertiary/aromatic N) is 1. The summed E-state index contributed by atoms with van der Waals surface area (Å²) in [4.78, 5) is 26.3. The topological polar surface area (TPSA) is 67.9 Å². The van der Waals surface area contributed by atoms with E-state index in [2.05, 4.69) is 10.2 Å². The molecule has 7 heteroatoms. The zero-order chi connectivity index (χ0) is 18.8. The van der Waals surface area contributed by atoms with Crippen LogP contribution in [0.5, 0.6) is 0 Å². The average molecular weight is 387 g/mol. The Hall–Kier alpha value is -0.630. The molecule has 1 amide bonds. The van der Waals surface area contributed by atoms with E-state index in [-0.39, 0.29) is 17.7 Å². The van der Waals surface area contributed by atoms with Crippen LogP contribution in [0.2, 0.25) is 0 Å². The lowest BCUT2D eigenvalue weighted by Crippen LogP contribution is -2.46. The van der Waals surface area contributed by atoms with Crippen molar-refractivity contribution in [2.75, 3.05) is 45.7 Å². The van der Waals surface area contributed by atoms with Crippen molar-refractivity contribution in [3.05, 3.63) is 0 Å². The lowest BCUT2D eigenvalue weighted by atomic mass is 9.82. The molecule has 1 saturated heterocycles. The molecule has 6 nitrogen and oxygen atoms in total. The molecule has 1 N–H and O–H groups in total. The average Bonchev–Trinajstić information content (AvgIpc) is 2.67. The molecule has 1 aliphatic carbocycles. The second-order valence-corrected chi connectivity index (χ2v) is 7.89. The molecule has 1 aliphatic heterocycles. The lowest BCUT2D eigenvalue weighted by Gasteiger charge is -2.40. The largest absolute Gasteiger partial charge is 0.377 e. The van der Waals surface area contributed by atoms with Crippen molar-refractivity contribution in [3.8, 4) is 0 Å². The highest BCUT2D eigenvalue weighted by Crippen LogP contribution is 2.30. The van der Waals surface area contributed by atoms with Crippen LogP contribution in [0.25, 0.3) is 0 Å². The number of nitrogens with one attached hydrogen (secondary N) is 1. The first kappa shape index (κ1) is 21.7. The minimum absolute atomic E-state index is 0.125. The monoisotopic (exact) mass is 386 g/mol. The summed E-state index contributed by atoms with van der Waals surface area (Å²) in [6.45, 7) is 5.93. The van der Waals surface area contributed by atoms with Crippen LogP contribution < -0.4 is 5.32 Å². The Morgan fingerprint density at radius 3 is 2.31 bits per heavy atom. The Morgan fingerprint density at radius 2 is 1.69 bits per heavy atom. The minimum atomic E-state index is 0.125. The van der Waals surface area contributed by atoms with Crippen molar-refractivity contribution in [1.29, 1.82) is 0 Å². The fraction of sp³-hybridized carbons (Fsp3) is 0.895. The molecule has 0 unspecified atom stereocenters. The van der Waals surface area contributed by atoms with Gasteiger partial charge in [0.15, 0.2) is 0 Å². The molecule has 150 valence electrons. The summed E-state index contributed by atoms with van der Waals surface area (Å²) in [5.74, 6) is 0.914. The van der Waals surface area contributed by atoms with Crippen LogP contribution in [0, 0.1) is 11.8 Å². The van der Waals surface area contributed by atoms with Crippen LogP contribution in [0.3, 0.4) is 0 Å². The highest BCUT2D eigenvalue weighted by Gasteiger charge is 2.31. The maximum atomic E-state index is 12.3. The fourth-order valence-electron chi connectivity index (χ4n) is 4.04. The molecule has 0 aromatic heterocycles. The second-order valence-electron chi connectivity index (χ2n) is 7.32. The molecular weight excluding hydrogens is 352 g/mol. The van der Waals surface area contributed by atoms with Crippen LogP contribution in [0.1, 0.15) is 45.4 Å². The van der Waals surface area contributed by atoms with Gasteiger partial charge in [0, 0.05) is 30.7 Å². The smallest absolute Gasteiger partial charge is 0.223 e. The summed E-state index contributed by atoms with van der Waals surface area (Å²) < 4.78 is 10.5. The number of likely N-dealkylation sites (tertiary alicyclic amines) is 1. The normalized spacial score (nSPS) is 25.2. The van der Waals surface area contributed by atoms with Gasteiger partial charge in [0.2, 0.25) is 5.91 Å². The Morgan fingerprint density at radius 1 is 1.00 bits per heavy atom. The molecule has 0 spiro atoms. The number of ether oxygens (including phenoxy) is 1. The van der Waals surface area contributed by atoms with Crippen molar-refractivity contribution in [2.24, 2.45) is 11.8 Å². The SMILES string of the molecule is CSOCCOCCNC(=O)C1CCN(C2CCC(C(C)=O)CC2)CC1. The van der Waals surface area contributed by atoms with E-state index in [0.717, 1.165) is 51.6 Å². The van der Waals surface area contributed by atoms with Crippen molar-refractivity contribution < 1.29 is 18.5 Å². The number of amides is 1. The zero-order valence-electron chi connectivity index (χ0n) is 16.2. The van der Waals surface area contributed by atoms with Crippen LogP contribution in [0.15, 0.2) is 0 Å². The summed E-state index contributed by atoms with van der Waals surface area (Å²) in [7, 11) is 0. The Labute approximate surface area is 161 Å². The number of hydrogen-bond acceptors (Lipinski definition) is 6. The predicted octanol–water partition coefficient (Wildman–Crippen LogP) is 2.27. The third-order valence-corrected chi connectivity index (χ3v) is 6.07. The van der Waals surface area contributed by atoms with Gasteiger partial charge in [0.1, 0.15) is 5.78 Å². The summed E-state index contributed by atoms with van der Waals surface area (Å²) in [5, 5.41) is 2.99. The first-order chi connectivity index (χ1) is 12.6. The van der Waals surface area contributed by atoms with Crippen molar-refractivity contribution in [3.63, 3.8) is 0 Å². The molecule has 0 aromatic carbocycles. The summed E-state index contributed by atoms with van der Waals surface area (Å²) in [6, 6.07) is 0.603. The number of carbonyl (C=O) groups excluding carboxylic acids is 2. The van der Waals surface area contributed by atoms with Crippen molar-refractivity contribution >= 4 is 23.7 Å². The number of piperidine rings is 1. The number of hydrogen-bond donors (Lipinski definition) is 1. The Kier molecular flexibility index (Phi) is 9.96. The quantitative estimate of drug-likeness (QED) is 0.459. The fourth-order valence-corrected chi connectivity index (χ4v) is 4.28. The molecule has 1 saturated carbocycles. The summed E-state index contributed by atoms with van der Waals surface area (Å²) in [6.07, 6.45) is 8.05. The van der Waals surface area contributed by atoms with Gasteiger partial charge in [-0.05, 0) is 70.6 Å². The summed E-state index contributed by atoms with van der Waals surface area (Å²) in [5.41, 5.74) is 0. The number of rotatable bonds is 10. The van der Waals surface area contributed by atoms with Crippen LogP contribution in [-0.2, 0) is 18.5 Å². The van der Waals surface area contributed by atoms with E-state index in [0.29, 0.717) is 38.2 Å². The molecule has 26 heavy (non-hydrogen) atoms. The molecule has 2 aliphatic rings. The van der Waals surface area contributed by atoms with E-state index < -0.39 is 0 Å². The van der Waals surface area contributed by atoms with Gasteiger partial charge in [-0.2, -0.15) is 0 Å². The van der Waals surface area contributed by atoms with E-state index >= 15 is 0 Å². The molecule has 0 bridgehead atoms. The highest BCUT2D eigenvalue weighted by atomic mass is 32.2. The van der Waals surface area contributed by atoms with E-state index in [9.17, 15) is 9.59 Å². The maximum Gasteiger partial charge on any atom is 0.223 e. The van der Waals surface area contributed by atoms with E-state index in [1.165, 1.54) is 12.0 Å². The minimum Gasteiger partial charge on any atom is -0.377 e. The molecule has 0 radical (unpaired) electrons. The van der Waals surface area contributed by atoms with E-state index in [4.69, 9.17) is 8.92 Å². The van der Waals surface area contributed by atoms with Gasteiger partial charge in [-0.3, -0.25) is 9.59 Å². The van der Waals surface area contributed by atoms with Crippen molar-refractivity contribution in [2.45, 2.75) is 51.5 Å². The molecular formula is C19H34N2O4S. The van der Waals surface area contributed by atoms with Gasteiger partial charge in [-0.1, -0.05) is 0 Å². The van der Waals surface area contributed by atoms with Gasteiger partial charge in [0.25, 0.3) is 0 Å². The van der Waals surface area contributed by atoms with Gasteiger partial charge >= 0.3 is 0 Å². The van der Waals surface area contributed by atoms with Crippen LogP contribution in [-0.4, -0.2) is 68.3 Å². The number of carbonyl (C=O) groups is 2. The first-order valence-corrected chi connectivity index (χ1v) is 11.0. The second kappa shape index (κ2) is 12.0. The molecule has 1 heterocycles. The standard InChI is InChI=1S/C19H34N2O4S/c1-15(22)16-3-5-18(6-4-16)21-10-7-17(8-11-21)19(23)20-9-12-24-13-14-25-26-2/h16-18H,3-14H2,1-2H3,(H,20,23). The van der Waals surface area contributed by atoms with Gasteiger partial charge in [-0.15, -0.1) is 0 Å². The van der Waals surface area contributed by atoms with E-state index in [1.807, 2.05) is 6.26 Å². The van der Waals surface area contributed by atoms with Crippen molar-refractivity contribution in [1.82, 2.24) is 10.2 Å².